The van der Waals surface area contributed by atoms with E-state index >= 15 is 0 Å². The van der Waals surface area contributed by atoms with Crippen LogP contribution in [0.15, 0.2) is 12.2 Å². The third-order valence-electron chi connectivity index (χ3n) is 3.93. The Kier molecular flexibility index (Phi) is 6.93. The van der Waals surface area contributed by atoms with Gasteiger partial charge in [0.2, 0.25) is 0 Å². The number of hydrogen-bond donors (Lipinski definition) is 1. The van der Waals surface area contributed by atoms with Gasteiger partial charge in [0.25, 0.3) is 0 Å². The summed E-state index contributed by atoms with van der Waals surface area (Å²) >= 11 is 0. The van der Waals surface area contributed by atoms with E-state index in [9.17, 15) is 0 Å². The first-order chi connectivity index (χ1) is 7.42. The van der Waals surface area contributed by atoms with Crippen molar-refractivity contribution < 1.29 is 0 Å². The van der Waals surface area contributed by atoms with Gasteiger partial charge in [-0.1, -0.05) is 32.9 Å². The van der Waals surface area contributed by atoms with Gasteiger partial charge in [0, 0.05) is 11.6 Å². The molecule has 0 bridgehead atoms. The van der Waals surface area contributed by atoms with Crippen molar-refractivity contribution in [3.8, 4) is 0 Å². The van der Waals surface area contributed by atoms with Crippen LogP contribution < -0.4 is 5.32 Å². The minimum Gasteiger partial charge on any atom is -0.312 e. The van der Waals surface area contributed by atoms with Crippen molar-refractivity contribution in [3.05, 3.63) is 12.2 Å². The molecule has 0 aromatic rings. The fourth-order valence-electron chi connectivity index (χ4n) is 2.07. The molecule has 0 aromatic heterocycles. The Balaban J connectivity index is 4.78. The Morgan fingerprint density at radius 1 is 1.31 bits per heavy atom. The van der Waals surface area contributed by atoms with Gasteiger partial charge in [-0.15, -0.1) is 0 Å². The zero-order valence-electron chi connectivity index (χ0n) is 12.1. The Labute approximate surface area is 102 Å². The molecule has 0 aliphatic heterocycles. The molecule has 96 valence electrons. The maximum atomic E-state index is 4.14. The summed E-state index contributed by atoms with van der Waals surface area (Å²) in [6.07, 6.45) is 3.30. The van der Waals surface area contributed by atoms with E-state index in [4.69, 9.17) is 0 Å². The smallest absolute Gasteiger partial charge is 0.0328 e. The SMILES string of the molecule is C=C(CC)CC(NCC)C(C)(CC)N(C)C. The lowest BCUT2D eigenvalue weighted by atomic mass is 9.84. The van der Waals surface area contributed by atoms with E-state index in [0.29, 0.717) is 6.04 Å². The largest absolute Gasteiger partial charge is 0.312 e. The molecule has 0 fully saturated rings. The molecule has 0 radical (unpaired) electrons. The van der Waals surface area contributed by atoms with E-state index in [1.54, 1.807) is 0 Å². The van der Waals surface area contributed by atoms with Gasteiger partial charge in [-0.25, -0.2) is 0 Å². The van der Waals surface area contributed by atoms with E-state index in [-0.39, 0.29) is 5.54 Å². The van der Waals surface area contributed by atoms with E-state index in [0.717, 1.165) is 25.8 Å². The van der Waals surface area contributed by atoms with Crippen LogP contribution in [0.25, 0.3) is 0 Å². The van der Waals surface area contributed by atoms with Crippen molar-refractivity contribution in [1.29, 1.82) is 0 Å². The average molecular weight is 226 g/mol. The highest BCUT2D eigenvalue weighted by Crippen LogP contribution is 2.25. The van der Waals surface area contributed by atoms with E-state index < -0.39 is 0 Å². The van der Waals surface area contributed by atoms with Gasteiger partial charge in [0.05, 0.1) is 0 Å². The quantitative estimate of drug-likeness (QED) is 0.640. The van der Waals surface area contributed by atoms with Crippen LogP contribution in [0.5, 0.6) is 0 Å². The minimum atomic E-state index is 0.202. The fourth-order valence-corrected chi connectivity index (χ4v) is 2.07. The molecule has 0 rings (SSSR count). The van der Waals surface area contributed by atoms with Gasteiger partial charge in [-0.3, -0.25) is 0 Å². The zero-order valence-corrected chi connectivity index (χ0v) is 12.1. The molecule has 2 atom stereocenters. The van der Waals surface area contributed by atoms with Crippen molar-refractivity contribution in [2.75, 3.05) is 20.6 Å². The first-order valence-corrected chi connectivity index (χ1v) is 6.49. The molecule has 0 aliphatic rings. The fraction of sp³-hybridized carbons (Fsp3) is 0.857. The number of likely N-dealkylation sites (N-methyl/N-ethyl adjacent to an activating group) is 2. The highest BCUT2D eigenvalue weighted by molar-refractivity contribution is 5.04. The van der Waals surface area contributed by atoms with E-state index in [1.807, 2.05) is 0 Å². The molecule has 0 aliphatic carbocycles. The third kappa shape index (κ3) is 3.91. The van der Waals surface area contributed by atoms with Gasteiger partial charge < -0.3 is 10.2 Å². The Morgan fingerprint density at radius 2 is 1.88 bits per heavy atom. The molecular weight excluding hydrogens is 196 g/mol. The third-order valence-corrected chi connectivity index (χ3v) is 3.93. The first-order valence-electron chi connectivity index (χ1n) is 6.49. The molecule has 1 N–H and O–H groups in total. The summed E-state index contributed by atoms with van der Waals surface area (Å²) in [4.78, 5) is 2.34. The van der Waals surface area contributed by atoms with Crippen LogP contribution in [0.3, 0.4) is 0 Å². The lowest BCUT2D eigenvalue weighted by Crippen LogP contribution is -2.56. The maximum Gasteiger partial charge on any atom is 0.0328 e. The van der Waals surface area contributed by atoms with Crippen molar-refractivity contribution >= 4 is 0 Å². The lowest BCUT2D eigenvalue weighted by molar-refractivity contribution is 0.113. The van der Waals surface area contributed by atoms with Gasteiger partial charge in [0.15, 0.2) is 0 Å². The molecule has 2 heteroatoms. The second-order valence-corrected chi connectivity index (χ2v) is 5.02. The van der Waals surface area contributed by atoms with Crippen molar-refractivity contribution in [3.63, 3.8) is 0 Å². The average Bonchev–Trinajstić information content (AvgIpc) is 2.26. The van der Waals surface area contributed by atoms with Crippen LogP contribution in [0.4, 0.5) is 0 Å². The number of nitrogens with one attached hydrogen (secondary N) is 1. The second-order valence-electron chi connectivity index (χ2n) is 5.02. The van der Waals surface area contributed by atoms with Gasteiger partial charge in [-0.2, -0.15) is 0 Å². The van der Waals surface area contributed by atoms with Crippen molar-refractivity contribution in [2.24, 2.45) is 0 Å². The molecule has 0 spiro atoms. The van der Waals surface area contributed by atoms with Crippen LogP contribution in [-0.2, 0) is 0 Å². The Morgan fingerprint density at radius 3 is 2.19 bits per heavy atom. The van der Waals surface area contributed by atoms with Gasteiger partial charge in [0.1, 0.15) is 0 Å². The molecule has 0 saturated carbocycles. The Hall–Kier alpha value is -0.340. The highest BCUT2D eigenvalue weighted by atomic mass is 15.2. The van der Waals surface area contributed by atoms with Gasteiger partial charge in [-0.05, 0) is 46.8 Å². The van der Waals surface area contributed by atoms with Crippen molar-refractivity contribution in [2.45, 2.75) is 58.5 Å². The summed E-state index contributed by atoms with van der Waals surface area (Å²) in [5, 5.41) is 3.62. The first kappa shape index (κ1) is 15.7. The summed E-state index contributed by atoms with van der Waals surface area (Å²) in [7, 11) is 4.34. The molecular formula is C14H30N2. The summed E-state index contributed by atoms with van der Waals surface area (Å²) in [5.74, 6) is 0. The summed E-state index contributed by atoms with van der Waals surface area (Å²) in [6.45, 7) is 14.1. The Bertz CT molecular complexity index is 211. The monoisotopic (exact) mass is 226 g/mol. The van der Waals surface area contributed by atoms with Crippen LogP contribution in [0, 0.1) is 0 Å². The highest BCUT2D eigenvalue weighted by Gasteiger charge is 2.33. The zero-order chi connectivity index (χ0) is 12.8. The van der Waals surface area contributed by atoms with Gasteiger partial charge >= 0.3 is 0 Å². The molecule has 0 aromatic carbocycles. The van der Waals surface area contributed by atoms with Crippen molar-refractivity contribution in [1.82, 2.24) is 10.2 Å². The topological polar surface area (TPSA) is 15.3 Å². The summed E-state index contributed by atoms with van der Waals surface area (Å²) < 4.78 is 0. The van der Waals surface area contributed by atoms with Crippen LogP contribution >= 0.6 is 0 Å². The lowest BCUT2D eigenvalue weighted by Gasteiger charge is -2.43. The normalized spacial score (nSPS) is 17.2. The number of nitrogens with zero attached hydrogens (tertiary/aromatic N) is 1. The molecule has 2 nitrogen and oxygen atoms in total. The maximum absolute atomic E-state index is 4.14. The molecule has 0 saturated heterocycles. The standard InChI is InChI=1S/C14H30N2/c1-8-12(4)11-13(15-10-3)14(5,9-2)16(6)7/h13,15H,4,8-11H2,1-3,5-7H3. The van der Waals surface area contributed by atoms with Crippen LogP contribution in [0.1, 0.15) is 47.0 Å². The van der Waals surface area contributed by atoms with Crippen LogP contribution in [-0.4, -0.2) is 37.1 Å². The van der Waals surface area contributed by atoms with E-state index in [1.165, 1.54) is 5.57 Å². The summed E-state index contributed by atoms with van der Waals surface area (Å²) in [5.41, 5.74) is 1.54. The predicted octanol–water partition coefficient (Wildman–Crippen LogP) is 3.05. The van der Waals surface area contributed by atoms with E-state index in [2.05, 4.69) is 58.6 Å². The predicted molar refractivity (Wildman–Crippen MR) is 73.9 cm³/mol. The number of rotatable bonds is 8. The molecule has 2 unspecified atom stereocenters. The molecule has 16 heavy (non-hydrogen) atoms. The minimum absolute atomic E-state index is 0.202. The summed E-state index contributed by atoms with van der Waals surface area (Å²) in [6, 6.07) is 0.491. The second kappa shape index (κ2) is 7.08. The van der Waals surface area contributed by atoms with Crippen LogP contribution in [0.2, 0.25) is 0 Å². The molecule has 0 amide bonds. The molecule has 0 heterocycles. The number of hydrogen-bond acceptors (Lipinski definition) is 2.